The minimum absolute atomic E-state index is 0.0547. The van der Waals surface area contributed by atoms with Crippen LogP contribution in [-0.2, 0) is 9.53 Å². The Balaban J connectivity index is 1.41. The van der Waals surface area contributed by atoms with Gasteiger partial charge in [-0.2, -0.15) is 0 Å². The maximum Gasteiger partial charge on any atom is 0.513 e. The Morgan fingerprint density at radius 1 is 1.03 bits per heavy atom. The normalized spacial score (nSPS) is 14.2. The van der Waals surface area contributed by atoms with Crippen LogP contribution in [0, 0.1) is 5.92 Å². The summed E-state index contributed by atoms with van der Waals surface area (Å²) < 4.78 is 9.74. The number of hydrogen-bond acceptors (Lipinski definition) is 5. The van der Waals surface area contributed by atoms with E-state index in [1.807, 2.05) is 35.2 Å². The van der Waals surface area contributed by atoms with Crippen LogP contribution in [-0.4, -0.2) is 49.1 Å². The molecule has 32 heavy (non-hydrogen) atoms. The fourth-order valence-electron chi connectivity index (χ4n) is 3.47. The predicted octanol–water partition coefficient (Wildman–Crippen LogP) is 3.90. The van der Waals surface area contributed by atoms with E-state index in [0.717, 1.165) is 18.4 Å². The summed E-state index contributed by atoms with van der Waals surface area (Å²) in [7, 11) is 0. The molecule has 0 spiro atoms. The highest BCUT2D eigenvalue weighted by molar-refractivity contribution is 5.94. The maximum absolute atomic E-state index is 12.7. The van der Waals surface area contributed by atoms with Gasteiger partial charge in [-0.3, -0.25) is 9.59 Å². The first-order chi connectivity index (χ1) is 15.5. The number of likely N-dealkylation sites (tertiary alicyclic amines) is 1. The van der Waals surface area contributed by atoms with Crippen LogP contribution in [0.5, 0.6) is 5.75 Å². The third-order valence-electron chi connectivity index (χ3n) is 5.26. The average Bonchev–Trinajstić information content (AvgIpc) is 2.82. The van der Waals surface area contributed by atoms with Crippen LogP contribution < -0.4 is 10.1 Å². The van der Waals surface area contributed by atoms with Crippen LogP contribution in [0.3, 0.4) is 0 Å². The molecule has 2 aromatic rings. The maximum atomic E-state index is 12.7. The second kappa shape index (κ2) is 11.7. The van der Waals surface area contributed by atoms with Gasteiger partial charge in [0.15, 0.2) is 0 Å². The van der Waals surface area contributed by atoms with Crippen molar-refractivity contribution < 1.29 is 23.9 Å². The summed E-state index contributed by atoms with van der Waals surface area (Å²) in [6.07, 6.45) is 4.23. The van der Waals surface area contributed by atoms with E-state index in [2.05, 4.69) is 5.32 Å². The average molecular weight is 437 g/mol. The number of benzene rings is 2. The topological polar surface area (TPSA) is 84.9 Å². The van der Waals surface area contributed by atoms with E-state index < -0.39 is 6.16 Å². The third kappa shape index (κ3) is 6.97. The summed E-state index contributed by atoms with van der Waals surface area (Å²) in [6.45, 7) is 3.81. The highest BCUT2D eigenvalue weighted by atomic mass is 16.7. The van der Waals surface area contributed by atoms with Gasteiger partial charge in [-0.05, 0) is 61.6 Å². The molecule has 1 fully saturated rings. The molecule has 0 saturated carbocycles. The zero-order chi connectivity index (χ0) is 22.8. The molecule has 3 rings (SSSR count). The van der Waals surface area contributed by atoms with Crippen LogP contribution in [0.15, 0.2) is 60.7 Å². The Hall–Kier alpha value is -3.61. The van der Waals surface area contributed by atoms with E-state index in [-0.39, 0.29) is 18.4 Å². The summed E-state index contributed by atoms with van der Waals surface area (Å²) in [5.74, 6) is 0.502. The monoisotopic (exact) mass is 436 g/mol. The first kappa shape index (κ1) is 23.1. The van der Waals surface area contributed by atoms with Gasteiger partial charge < -0.3 is 19.7 Å². The molecule has 0 unspecified atom stereocenters. The first-order valence-electron chi connectivity index (χ1n) is 10.8. The van der Waals surface area contributed by atoms with Gasteiger partial charge in [0.1, 0.15) is 5.75 Å². The molecule has 2 aromatic carbocycles. The fraction of sp³-hybridized carbons (Fsp3) is 0.320. The Morgan fingerprint density at radius 2 is 1.72 bits per heavy atom. The van der Waals surface area contributed by atoms with E-state index in [0.29, 0.717) is 36.9 Å². The van der Waals surface area contributed by atoms with Crippen LogP contribution in [0.2, 0.25) is 0 Å². The molecule has 0 atom stereocenters. The second-order valence-electron chi connectivity index (χ2n) is 7.53. The van der Waals surface area contributed by atoms with E-state index in [4.69, 9.17) is 9.47 Å². The molecule has 7 heteroatoms. The number of carbonyl (C=O) groups excluding carboxylic acids is 3. The van der Waals surface area contributed by atoms with Crippen molar-refractivity contribution in [1.82, 2.24) is 10.2 Å². The summed E-state index contributed by atoms with van der Waals surface area (Å²) in [4.78, 5) is 38.0. The molecular formula is C25H28N2O5. The molecule has 7 nitrogen and oxygen atoms in total. The van der Waals surface area contributed by atoms with Gasteiger partial charge in [0.25, 0.3) is 5.91 Å². The predicted molar refractivity (Wildman–Crippen MR) is 121 cm³/mol. The molecule has 1 saturated heterocycles. The number of nitrogens with one attached hydrogen (secondary N) is 1. The number of rotatable bonds is 7. The molecule has 168 valence electrons. The SMILES string of the molecule is CCOC(=O)Oc1ccc(C(=O)N2CCC(CNC(=O)/C=C/c3ccccc3)CC2)cc1. The van der Waals surface area contributed by atoms with Crippen molar-refractivity contribution in [1.29, 1.82) is 0 Å². The van der Waals surface area contributed by atoms with Crippen molar-refractivity contribution in [2.75, 3.05) is 26.2 Å². The zero-order valence-electron chi connectivity index (χ0n) is 18.2. The molecule has 1 aliphatic rings. The third-order valence-corrected chi connectivity index (χ3v) is 5.26. The molecule has 0 radical (unpaired) electrons. The zero-order valence-corrected chi connectivity index (χ0v) is 18.2. The van der Waals surface area contributed by atoms with E-state index in [1.165, 1.54) is 0 Å². The number of amides is 2. The molecular weight excluding hydrogens is 408 g/mol. The highest BCUT2D eigenvalue weighted by Crippen LogP contribution is 2.20. The fourth-order valence-corrected chi connectivity index (χ4v) is 3.47. The number of ether oxygens (including phenoxy) is 2. The van der Waals surface area contributed by atoms with Gasteiger partial charge in [0, 0.05) is 31.3 Å². The van der Waals surface area contributed by atoms with Crippen LogP contribution in [0.1, 0.15) is 35.7 Å². The van der Waals surface area contributed by atoms with Crippen molar-refractivity contribution in [2.45, 2.75) is 19.8 Å². The van der Waals surface area contributed by atoms with Crippen molar-refractivity contribution in [3.63, 3.8) is 0 Å². The lowest BCUT2D eigenvalue weighted by atomic mass is 9.96. The minimum Gasteiger partial charge on any atom is -0.434 e. The van der Waals surface area contributed by atoms with Gasteiger partial charge >= 0.3 is 6.16 Å². The molecule has 1 heterocycles. The quantitative estimate of drug-likeness (QED) is 0.404. The van der Waals surface area contributed by atoms with Crippen molar-refractivity contribution in [3.8, 4) is 5.75 Å². The van der Waals surface area contributed by atoms with Crippen LogP contribution in [0.25, 0.3) is 6.08 Å². The lowest BCUT2D eigenvalue weighted by molar-refractivity contribution is -0.116. The number of hydrogen-bond donors (Lipinski definition) is 1. The molecule has 1 N–H and O–H groups in total. The standard InChI is InChI=1S/C25H28N2O5/c1-2-31-25(30)32-22-11-9-21(10-12-22)24(29)27-16-14-20(15-17-27)18-26-23(28)13-8-19-6-4-3-5-7-19/h3-13,20H,2,14-18H2,1H3,(H,26,28)/b13-8+. The van der Waals surface area contributed by atoms with Gasteiger partial charge in [-0.25, -0.2) is 4.79 Å². The van der Waals surface area contributed by atoms with E-state index in [9.17, 15) is 14.4 Å². The molecule has 0 bridgehead atoms. The van der Waals surface area contributed by atoms with E-state index in [1.54, 1.807) is 43.3 Å². The van der Waals surface area contributed by atoms with Crippen molar-refractivity contribution in [3.05, 3.63) is 71.8 Å². The highest BCUT2D eigenvalue weighted by Gasteiger charge is 2.24. The lowest BCUT2D eigenvalue weighted by Crippen LogP contribution is -2.41. The Bertz CT molecular complexity index is 933. The summed E-state index contributed by atoms with van der Waals surface area (Å²) in [5.41, 5.74) is 1.52. The summed E-state index contributed by atoms with van der Waals surface area (Å²) >= 11 is 0. The molecule has 0 aliphatic carbocycles. The van der Waals surface area contributed by atoms with Gasteiger partial charge in [0.05, 0.1) is 6.61 Å². The molecule has 2 amide bonds. The van der Waals surface area contributed by atoms with E-state index >= 15 is 0 Å². The minimum atomic E-state index is -0.767. The first-order valence-corrected chi connectivity index (χ1v) is 10.8. The molecule has 0 aromatic heterocycles. The Labute approximate surface area is 188 Å². The lowest BCUT2D eigenvalue weighted by Gasteiger charge is -2.32. The number of carbonyl (C=O) groups is 3. The van der Waals surface area contributed by atoms with Crippen molar-refractivity contribution >= 4 is 24.0 Å². The van der Waals surface area contributed by atoms with Gasteiger partial charge in [0.2, 0.25) is 5.91 Å². The summed E-state index contributed by atoms with van der Waals surface area (Å²) in [6, 6.07) is 16.1. The Kier molecular flexibility index (Phi) is 8.43. The van der Waals surface area contributed by atoms with Crippen molar-refractivity contribution in [2.24, 2.45) is 5.92 Å². The second-order valence-corrected chi connectivity index (χ2v) is 7.53. The Morgan fingerprint density at radius 3 is 2.38 bits per heavy atom. The number of piperidine rings is 1. The van der Waals surface area contributed by atoms with Crippen LogP contribution in [0.4, 0.5) is 4.79 Å². The van der Waals surface area contributed by atoms with Gasteiger partial charge in [-0.1, -0.05) is 30.3 Å². The number of nitrogens with zero attached hydrogens (tertiary/aromatic N) is 1. The largest absolute Gasteiger partial charge is 0.513 e. The van der Waals surface area contributed by atoms with Crippen LogP contribution >= 0.6 is 0 Å². The summed E-state index contributed by atoms with van der Waals surface area (Å²) in [5, 5.41) is 2.95. The molecule has 1 aliphatic heterocycles. The van der Waals surface area contributed by atoms with Gasteiger partial charge in [-0.15, -0.1) is 0 Å². The smallest absolute Gasteiger partial charge is 0.434 e.